The van der Waals surface area contributed by atoms with Gasteiger partial charge in [-0.15, -0.1) is 0 Å². The average Bonchev–Trinajstić information content (AvgIpc) is 2.28. The van der Waals surface area contributed by atoms with Crippen LogP contribution in [-0.4, -0.2) is 31.9 Å². The third kappa shape index (κ3) is 7.48. The maximum absolute atomic E-state index is 13.2. The van der Waals surface area contributed by atoms with Crippen LogP contribution in [0.5, 0.6) is 0 Å². The number of anilines is 2. The molecule has 0 aliphatic rings. The van der Waals surface area contributed by atoms with Crippen molar-refractivity contribution >= 4 is 27.6 Å². The van der Waals surface area contributed by atoms with E-state index in [1.807, 2.05) is 0 Å². The van der Waals surface area contributed by atoms with Crippen molar-refractivity contribution in [2.24, 2.45) is 0 Å². The Morgan fingerprint density at radius 3 is 2.40 bits per heavy atom. The minimum atomic E-state index is -3.67. The quantitative estimate of drug-likeness (QED) is 0.564. The highest BCUT2D eigenvalue weighted by Crippen LogP contribution is 2.22. The predicted molar refractivity (Wildman–Crippen MR) is 68.9 cm³/mol. The van der Waals surface area contributed by atoms with Crippen molar-refractivity contribution in [3.63, 3.8) is 0 Å². The molecule has 1 aromatic rings. The number of hydrogen-bond acceptors (Lipinski definition) is 5. The first kappa shape index (κ1) is 18.1. The normalized spacial score (nSPS) is 10.2. The Kier molecular flexibility index (Phi) is 6.86. The van der Waals surface area contributed by atoms with Crippen molar-refractivity contribution in [3.8, 4) is 0 Å². The smallest absolute Gasteiger partial charge is 0.411 e. The number of amides is 1. The molecule has 20 heavy (non-hydrogen) atoms. The van der Waals surface area contributed by atoms with Gasteiger partial charge in [-0.05, 0) is 19.1 Å². The molecule has 0 unspecified atom stereocenters. The third-order valence-corrected chi connectivity index (χ3v) is 1.64. The lowest BCUT2D eigenvalue weighted by atomic mass is 10.2. The van der Waals surface area contributed by atoms with E-state index in [4.69, 9.17) is 10.3 Å². The third-order valence-electron chi connectivity index (χ3n) is 1.64. The SMILES string of the molecule is CCOC(=O)Nc1ccc(F)c(N)c1F.CS(=O)(=O)O. The summed E-state index contributed by atoms with van der Waals surface area (Å²) in [6, 6.07) is 2.03. The van der Waals surface area contributed by atoms with E-state index in [1.165, 1.54) is 0 Å². The van der Waals surface area contributed by atoms with E-state index in [0.29, 0.717) is 6.26 Å². The lowest BCUT2D eigenvalue weighted by molar-refractivity contribution is 0.168. The summed E-state index contributed by atoms with van der Waals surface area (Å²) in [6.07, 6.45) is -0.102. The van der Waals surface area contributed by atoms with Gasteiger partial charge in [0.25, 0.3) is 10.1 Å². The summed E-state index contributed by atoms with van der Waals surface area (Å²) >= 11 is 0. The maximum atomic E-state index is 13.2. The molecule has 0 spiro atoms. The molecule has 0 heterocycles. The molecule has 1 aromatic carbocycles. The van der Waals surface area contributed by atoms with Gasteiger partial charge in [-0.2, -0.15) is 8.42 Å². The summed E-state index contributed by atoms with van der Waals surface area (Å²) in [6.45, 7) is 1.76. The average molecular weight is 312 g/mol. The van der Waals surface area contributed by atoms with E-state index in [-0.39, 0.29) is 12.3 Å². The second-order valence-corrected chi connectivity index (χ2v) is 4.87. The van der Waals surface area contributed by atoms with Crippen LogP contribution in [0.15, 0.2) is 12.1 Å². The first-order chi connectivity index (χ1) is 9.06. The maximum Gasteiger partial charge on any atom is 0.411 e. The highest BCUT2D eigenvalue weighted by molar-refractivity contribution is 7.85. The fourth-order valence-electron chi connectivity index (χ4n) is 0.943. The van der Waals surface area contributed by atoms with Gasteiger partial charge in [-0.3, -0.25) is 9.87 Å². The molecule has 1 amide bonds. The molecule has 10 heteroatoms. The van der Waals surface area contributed by atoms with Crippen LogP contribution in [0.25, 0.3) is 0 Å². The van der Waals surface area contributed by atoms with Crippen molar-refractivity contribution in [2.75, 3.05) is 23.9 Å². The highest BCUT2D eigenvalue weighted by Gasteiger charge is 2.12. The van der Waals surface area contributed by atoms with Gasteiger partial charge in [0, 0.05) is 0 Å². The van der Waals surface area contributed by atoms with Crippen molar-refractivity contribution < 1.29 is 31.3 Å². The number of rotatable bonds is 2. The molecule has 0 atom stereocenters. The number of benzene rings is 1. The molecule has 0 radical (unpaired) electrons. The van der Waals surface area contributed by atoms with Gasteiger partial charge in [-0.25, -0.2) is 13.6 Å². The summed E-state index contributed by atoms with van der Waals surface area (Å²) in [5, 5.41) is 2.10. The Hall–Kier alpha value is -1.94. The Balaban J connectivity index is 0.000000621. The summed E-state index contributed by atoms with van der Waals surface area (Å²) in [4.78, 5) is 10.9. The van der Waals surface area contributed by atoms with E-state index >= 15 is 0 Å². The van der Waals surface area contributed by atoms with E-state index in [1.54, 1.807) is 6.92 Å². The molecular formula is C10H14F2N2O5S. The zero-order valence-electron chi connectivity index (χ0n) is 10.7. The summed E-state index contributed by atoms with van der Waals surface area (Å²) < 4.78 is 56.4. The number of carbonyl (C=O) groups is 1. The number of ether oxygens (including phenoxy) is 1. The van der Waals surface area contributed by atoms with Crippen LogP contribution in [-0.2, 0) is 14.9 Å². The lowest BCUT2D eigenvalue weighted by Crippen LogP contribution is -2.15. The van der Waals surface area contributed by atoms with Gasteiger partial charge in [0.2, 0.25) is 0 Å². The molecule has 1 rings (SSSR count). The van der Waals surface area contributed by atoms with Gasteiger partial charge >= 0.3 is 6.09 Å². The van der Waals surface area contributed by atoms with Crippen LogP contribution in [0.3, 0.4) is 0 Å². The van der Waals surface area contributed by atoms with Gasteiger partial charge in [0.15, 0.2) is 5.82 Å². The molecule has 0 saturated heterocycles. The first-order valence-corrected chi connectivity index (χ1v) is 7.00. The van der Waals surface area contributed by atoms with Gasteiger partial charge in [0.05, 0.1) is 18.6 Å². The molecule has 114 valence electrons. The lowest BCUT2D eigenvalue weighted by Gasteiger charge is -2.07. The molecule has 0 aliphatic heterocycles. The van der Waals surface area contributed by atoms with Crippen molar-refractivity contribution in [1.82, 2.24) is 0 Å². The second-order valence-electron chi connectivity index (χ2n) is 3.40. The standard InChI is InChI=1S/C9H10F2N2O2.CH4O3S/c1-2-15-9(14)13-6-4-3-5(10)8(12)7(6)11;1-5(2,3)4/h3-4H,2,12H2,1H3,(H,13,14);1H3,(H,2,3,4). The van der Waals surface area contributed by atoms with E-state index in [0.717, 1.165) is 12.1 Å². The van der Waals surface area contributed by atoms with E-state index in [9.17, 15) is 22.0 Å². The number of nitrogen functional groups attached to an aromatic ring is 1. The van der Waals surface area contributed by atoms with Crippen molar-refractivity contribution in [3.05, 3.63) is 23.8 Å². The Bertz CT molecular complexity index is 569. The summed E-state index contributed by atoms with van der Waals surface area (Å²) in [5.74, 6) is -1.88. The number of hydrogen-bond donors (Lipinski definition) is 3. The van der Waals surface area contributed by atoms with E-state index in [2.05, 4.69) is 10.1 Å². The Morgan fingerprint density at radius 1 is 1.45 bits per heavy atom. The predicted octanol–water partition coefficient (Wildman–Crippen LogP) is 1.62. The number of carbonyl (C=O) groups excluding carboxylic acids is 1. The minimum Gasteiger partial charge on any atom is -0.450 e. The number of halogens is 2. The minimum absolute atomic E-state index is 0.157. The van der Waals surface area contributed by atoms with Gasteiger partial charge < -0.3 is 10.5 Å². The molecule has 0 aliphatic carbocycles. The number of nitrogens with one attached hydrogen (secondary N) is 1. The molecule has 0 aromatic heterocycles. The van der Waals surface area contributed by atoms with Crippen LogP contribution in [0.1, 0.15) is 6.92 Å². The molecule has 0 saturated carbocycles. The fourth-order valence-corrected chi connectivity index (χ4v) is 0.943. The summed E-state index contributed by atoms with van der Waals surface area (Å²) in [5.41, 5.74) is 4.24. The number of nitrogens with two attached hydrogens (primary N) is 1. The molecule has 0 fully saturated rings. The van der Waals surface area contributed by atoms with Crippen LogP contribution in [0.4, 0.5) is 25.0 Å². The molecule has 0 bridgehead atoms. The topological polar surface area (TPSA) is 119 Å². The monoisotopic (exact) mass is 312 g/mol. The van der Waals surface area contributed by atoms with Crippen molar-refractivity contribution in [2.45, 2.75) is 6.92 Å². The van der Waals surface area contributed by atoms with Crippen LogP contribution in [0, 0.1) is 11.6 Å². The zero-order chi connectivity index (χ0) is 15.9. The first-order valence-electron chi connectivity index (χ1n) is 5.16. The zero-order valence-corrected chi connectivity index (χ0v) is 11.5. The highest BCUT2D eigenvalue weighted by atomic mass is 32.2. The van der Waals surface area contributed by atoms with Gasteiger partial charge in [-0.1, -0.05) is 0 Å². The molecule has 7 nitrogen and oxygen atoms in total. The van der Waals surface area contributed by atoms with E-state index < -0.39 is 33.5 Å². The van der Waals surface area contributed by atoms with Crippen LogP contribution in [0.2, 0.25) is 0 Å². The fraction of sp³-hybridized carbons (Fsp3) is 0.300. The Labute approximate surface area is 114 Å². The second kappa shape index (κ2) is 7.60. The van der Waals surface area contributed by atoms with Crippen molar-refractivity contribution in [1.29, 1.82) is 0 Å². The largest absolute Gasteiger partial charge is 0.450 e. The van der Waals surface area contributed by atoms with Crippen LogP contribution >= 0.6 is 0 Å². The van der Waals surface area contributed by atoms with Crippen LogP contribution < -0.4 is 11.1 Å². The molecular weight excluding hydrogens is 298 g/mol. The van der Waals surface area contributed by atoms with Gasteiger partial charge in [0.1, 0.15) is 11.5 Å². The Morgan fingerprint density at radius 2 is 1.95 bits per heavy atom. The summed E-state index contributed by atoms with van der Waals surface area (Å²) in [7, 11) is -3.67. The molecule has 4 N–H and O–H groups in total.